The van der Waals surface area contributed by atoms with E-state index in [-0.39, 0.29) is 16.7 Å². The predicted molar refractivity (Wildman–Crippen MR) is 74.9 cm³/mol. The minimum atomic E-state index is -1.16. The number of nitrogen functional groups attached to an aromatic ring is 1. The van der Waals surface area contributed by atoms with E-state index in [1.54, 1.807) is 24.3 Å². The van der Waals surface area contributed by atoms with Gasteiger partial charge in [-0.25, -0.2) is 9.59 Å². The Morgan fingerprint density at radius 3 is 1.95 bits per heavy atom. The van der Waals surface area contributed by atoms with Gasteiger partial charge in [-0.05, 0) is 47.9 Å². The second-order valence-electron chi connectivity index (χ2n) is 4.43. The van der Waals surface area contributed by atoms with Crippen molar-refractivity contribution >= 4 is 17.6 Å². The average molecular weight is 271 g/mol. The lowest BCUT2D eigenvalue weighted by Gasteiger charge is -2.10. The first-order valence-electron chi connectivity index (χ1n) is 5.87. The fraction of sp³-hybridized carbons (Fsp3) is 0.0667. The first-order chi connectivity index (χ1) is 9.40. The number of hydrogen-bond acceptors (Lipinski definition) is 3. The molecule has 0 unspecified atom stereocenters. The number of carboxylic acids is 2. The van der Waals surface area contributed by atoms with Crippen molar-refractivity contribution in [1.29, 1.82) is 0 Å². The molecule has 5 heteroatoms. The van der Waals surface area contributed by atoms with Crippen LogP contribution in [0.15, 0.2) is 36.4 Å². The molecule has 5 nitrogen and oxygen atoms in total. The fourth-order valence-corrected chi connectivity index (χ4v) is 2.04. The van der Waals surface area contributed by atoms with Gasteiger partial charge in [-0.2, -0.15) is 0 Å². The van der Waals surface area contributed by atoms with Crippen molar-refractivity contribution < 1.29 is 19.8 Å². The van der Waals surface area contributed by atoms with Crippen molar-refractivity contribution in [3.05, 3.63) is 53.1 Å². The van der Waals surface area contributed by atoms with Crippen molar-refractivity contribution in [2.24, 2.45) is 0 Å². The molecule has 2 aromatic carbocycles. The topological polar surface area (TPSA) is 101 Å². The van der Waals surface area contributed by atoms with E-state index in [1.807, 2.05) is 0 Å². The van der Waals surface area contributed by atoms with Crippen LogP contribution in [0.3, 0.4) is 0 Å². The smallest absolute Gasteiger partial charge is 0.335 e. The number of hydrogen-bond donors (Lipinski definition) is 3. The molecule has 0 heterocycles. The monoisotopic (exact) mass is 271 g/mol. The summed E-state index contributed by atoms with van der Waals surface area (Å²) in [5, 5.41) is 18.4. The van der Waals surface area contributed by atoms with Crippen LogP contribution >= 0.6 is 0 Å². The Balaban J connectivity index is 2.71. The summed E-state index contributed by atoms with van der Waals surface area (Å²) in [6.45, 7) is 1.48. The summed E-state index contributed by atoms with van der Waals surface area (Å²) in [7, 11) is 0. The largest absolute Gasteiger partial charge is 0.478 e. The first-order valence-corrected chi connectivity index (χ1v) is 5.87. The number of nitrogens with two attached hydrogens (primary N) is 1. The van der Waals surface area contributed by atoms with Gasteiger partial charge >= 0.3 is 11.9 Å². The standard InChI is InChI=1S/C15H13NO4/c1-8-12(14(17)18)6-10(7-13(8)15(19)20)9-3-2-4-11(16)5-9/h2-7H,16H2,1H3,(H,17,18)(H,19,20). The Kier molecular flexibility index (Phi) is 3.43. The van der Waals surface area contributed by atoms with Crippen molar-refractivity contribution in [2.45, 2.75) is 6.92 Å². The third kappa shape index (κ3) is 2.47. The van der Waals surface area contributed by atoms with Crippen molar-refractivity contribution in [3.63, 3.8) is 0 Å². The average Bonchev–Trinajstić information content (AvgIpc) is 2.38. The quantitative estimate of drug-likeness (QED) is 0.745. The van der Waals surface area contributed by atoms with E-state index in [0.29, 0.717) is 16.8 Å². The molecule has 0 fully saturated rings. The molecule has 0 amide bonds. The van der Waals surface area contributed by atoms with E-state index in [9.17, 15) is 19.8 Å². The van der Waals surface area contributed by atoms with Gasteiger partial charge in [0.15, 0.2) is 0 Å². The molecule has 0 aliphatic carbocycles. The number of benzene rings is 2. The van der Waals surface area contributed by atoms with Crippen LogP contribution in [0.4, 0.5) is 5.69 Å². The van der Waals surface area contributed by atoms with E-state index in [2.05, 4.69) is 0 Å². The molecule has 2 rings (SSSR count). The van der Waals surface area contributed by atoms with Crippen LogP contribution in [-0.4, -0.2) is 22.2 Å². The highest BCUT2D eigenvalue weighted by molar-refractivity contribution is 5.98. The predicted octanol–water partition coefficient (Wildman–Crippen LogP) is 2.64. The van der Waals surface area contributed by atoms with Crippen molar-refractivity contribution in [3.8, 4) is 11.1 Å². The number of carbonyl (C=O) groups is 2. The molecule has 0 aliphatic heterocycles. The Morgan fingerprint density at radius 2 is 1.50 bits per heavy atom. The fourth-order valence-electron chi connectivity index (χ4n) is 2.04. The van der Waals surface area contributed by atoms with E-state index < -0.39 is 11.9 Å². The van der Waals surface area contributed by atoms with Crippen LogP contribution in [0, 0.1) is 6.92 Å². The zero-order valence-electron chi connectivity index (χ0n) is 10.8. The second kappa shape index (κ2) is 5.05. The summed E-state index contributed by atoms with van der Waals surface area (Å²) in [5.74, 6) is -2.31. The van der Waals surface area contributed by atoms with Crippen LogP contribution < -0.4 is 5.73 Å². The third-order valence-corrected chi connectivity index (χ3v) is 3.09. The number of rotatable bonds is 3. The van der Waals surface area contributed by atoms with Gasteiger partial charge < -0.3 is 15.9 Å². The highest BCUT2D eigenvalue weighted by atomic mass is 16.4. The SMILES string of the molecule is Cc1c(C(=O)O)cc(-c2cccc(N)c2)cc1C(=O)O. The van der Waals surface area contributed by atoms with Crippen LogP contribution in [0.5, 0.6) is 0 Å². The molecule has 2 aromatic rings. The van der Waals surface area contributed by atoms with Crippen molar-refractivity contribution in [1.82, 2.24) is 0 Å². The molecular weight excluding hydrogens is 258 g/mol. The second-order valence-corrected chi connectivity index (χ2v) is 4.43. The van der Waals surface area contributed by atoms with E-state index in [1.165, 1.54) is 19.1 Å². The number of aromatic carboxylic acids is 2. The highest BCUT2D eigenvalue weighted by Gasteiger charge is 2.17. The van der Waals surface area contributed by atoms with Crippen LogP contribution in [-0.2, 0) is 0 Å². The lowest BCUT2D eigenvalue weighted by molar-refractivity contribution is 0.0696. The Hall–Kier alpha value is -2.82. The highest BCUT2D eigenvalue weighted by Crippen LogP contribution is 2.27. The van der Waals surface area contributed by atoms with Crippen molar-refractivity contribution in [2.75, 3.05) is 5.73 Å². The Bertz CT molecular complexity index is 672. The molecular formula is C15H13NO4. The summed E-state index contributed by atoms with van der Waals surface area (Å²) in [5.41, 5.74) is 7.58. The van der Waals surface area contributed by atoms with Crippen LogP contribution in [0.1, 0.15) is 26.3 Å². The molecule has 102 valence electrons. The third-order valence-electron chi connectivity index (χ3n) is 3.09. The molecule has 0 aromatic heterocycles. The lowest BCUT2D eigenvalue weighted by atomic mass is 9.95. The molecule has 0 aliphatic rings. The van der Waals surface area contributed by atoms with Gasteiger partial charge in [0.25, 0.3) is 0 Å². The van der Waals surface area contributed by atoms with Gasteiger partial charge in [-0.1, -0.05) is 12.1 Å². The number of anilines is 1. The lowest BCUT2D eigenvalue weighted by Crippen LogP contribution is -2.07. The molecule has 0 bridgehead atoms. The molecule has 0 atom stereocenters. The molecule has 20 heavy (non-hydrogen) atoms. The molecule has 0 spiro atoms. The van der Waals surface area contributed by atoms with Gasteiger partial charge in [-0.15, -0.1) is 0 Å². The molecule has 0 saturated carbocycles. The van der Waals surface area contributed by atoms with Gasteiger partial charge in [0.1, 0.15) is 0 Å². The summed E-state index contributed by atoms with van der Waals surface area (Å²) in [4.78, 5) is 22.5. The summed E-state index contributed by atoms with van der Waals surface area (Å²) in [6.07, 6.45) is 0. The maximum atomic E-state index is 11.2. The Labute approximate surface area is 115 Å². The van der Waals surface area contributed by atoms with Gasteiger partial charge in [0.05, 0.1) is 11.1 Å². The zero-order valence-corrected chi connectivity index (χ0v) is 10.8. The minimum absolute atomic E-state index is 0.0256. The van der Waals surface area contributed by atoms with Gasteiger partial charge in [0, 0.05) is 5.69 Å². The van der Waals surface area contributed by atoms with Crippen LogP contribution in [0.25, 0.3) is 11.1 Å². The van der Waals surface area contributed by atoms with Crippen LogP contribution in [0.2, 0.25) is 0 Å². The number of carboxylic acid groups (broad SMARTS) is 2. The van der Waals surface area contributed by atoms with E-state index >= 15 is 0 Å². The molecule has 4 N–H and O–H groups in total. The molecule has 0 radical (unpaired) electrons. The maximum absolute atomic E-state index is 11.2. The first kappa shape index (κ1) is 13.6. The zero-order chi connectivity index (χ0) is 14.9. The molecule has 0 saturated heterocycles. The van der Waals surface area contributed by atoms with E-state index in [0.717, 1.165) is 0 Å². The maximum Gasteiger partial charge on any atom is 0.335 e. The Morgan fingerprint density at radius 1 is 0.950 bits per heavy atom. The summed E-state index contributed by atoms with van der Waals surface area (Å²) in [6, 6.07) is 9.76. The normalized spacial score (nSPS) is 10.2. The minimum Gasteiger partial charge on any atom is -0.478 e. The van der Waals surface area contributed by atoms with Gasteiger partial charge in [0.2, 0.25) is 0 Å². The summed E-state index contributed by atoms with van der Waals surface area (Å²) < 4.78 is 0. The van der Waals surface area contributed by atoms with Gasteiger partial charge in [-0.3, -0.25) is 0 Å². The van der Waals surface area contributed by atoms with E-state index in [4.69, 9.17) is 5.73 Å². The summed E-state index contributed by atoms with van der Waals surface area (Å²) >= 11 is 0.